The van der Waals surface area contributed by atoms with Crippen LogP contribution in [0, 0.1) is 0 Å². The Morgan fingerprint density at radius 2 is 1.72 bits per heavy atom. The van der Waals surface area contributed by atoms with Crippen LogP contribution in [0.2, 0.25) is 0 Å². The van der Waals surface area contributed by atoms with E-state index >= 15 is 0 Å². The Hall–Kier alpha value is -3.52. The number of nitrogens with zero attached hydrogens (tertiary/aromatic N) is 1. The fourth-order valence-corrected chi connectivity index (χ4v) is 6.02. The van der Waals surface area contributed by atoms with Crippen LogP contribution in [0.3, 0.4) is 0 Å². The molecule has 190 valence electrons. The van der Waals surface area contributed by atoms with Crippen LogP contribution in [0.4, 0.5) is 5.69 Å². The molecule has 1 atom stereocenters. The second-order valence-corrected chi connectivity index (χ2v) is 10.7. The standard InChI is InChI=1S/C28H32N2O5S/c1-20(23-13-16-26(34-2)27(19-23)35-3)29-28(31)17-12-21-10-14-24(15-11-21)36(32,33)30-18-6-8-22-7-4-5-9-25(22)30/h4-5,7,9-11,13-16,19-20H,6,8,12,17-18H2,1-3H3,(H,29,31)/t20-/m0/s1. The van der Waals surface area contributed by atoms with Crippen LogP contribution >= 0.6 is 0 Å². The Morgan fingerprint density at radius 1 is 1.00 bits per heavy atom. The molecular formula is C28H32N2O5S. The highest BCUT2D eigenvalue weighted by Gasteiger charge is 2.28. The zero-order chi connectivity index (χ0) is 25.7. The number of hydrogen-bond acceptors (Lipinski definition) is 5. The lowest BCUT2D eigenvalue weighted by Crippen LogP contribution is -2.35. The van der Waals surface area contributed by atoms with Gasteiger partial charge in [-0.15, -0.1) is 0 Å². The molecule has 1 amide bonds. The molecule has 0 aliphatic carbocycles. The van der Waals surface area contributed by atoms with E-state index in [-0.39, 0.29) is 16.8 Å². The zero-order valence-corrected chi connectivity index (χ0v) is 21.7. The summed E-state index contributed by atoms with van der Waals surface area (Å²) in [4.78, 5) is 12.8. The number of hydrogen-bond donors (Lipinski definition) is 1. The Kier molecular flexibility index (Phi) is 7.84. The van der Waals surface area contributed by atoms with Gasteiger partial charge in [-0.3, -0.25) is 9.10 Å². The number of amides is 1. The number of para-hydroxylation sites is 1. The number of ether oxygens (including phenoxy) is 2. The molecule has 3 aromatic carbocycles. The average Bonchev–Trinajstić information content (AvgIpc) is 2.91. The van der Waals surface area contributed by atoms with Crippen molar-refractivity contribution in [1.82, 2.24) is 5.32 Å². The smallest absolute Gasteiger partial charge is 0.264 e. The number of methoxy groups -OCH3 is 2. The average molecular weight is 509 g/mol. The number of rotatable bonds is 9. The first kappa shape index (κ1) is 25.6. The highest BCUT2D eigenvalue weighted by molar-refractivity contribution is 7.92. The van der Waals surface area contributed by atoms with E-state index in [1.54, 1.807) is 38.5 Å². The van der Waals surface area contributed by atoms with Crippen molar-refractivity contribution < 1.29 is 22.7 Å². The van der Waals surface area contributed by atoms with E-state index in [9.17, 15) is 13.2 Å². The van der Waals surface area contributed by atoms with Crippen LogP contribution in [-0.4, -0.2) is 35.1 Å². The first-order chi connectivity index (χ1) is 17.3. The molecule has 0 spiro atoms. The molecule has 0 bridgehead atoms. The minimum absolute atomic E-state index is 0.0843. The van der Waals surface area contributed by atoms with Gasteiger partial charge in [0.1, 0.15) is 0 Å². The monoisotopic (exact) mass is 508 g/mol. The summed E-state index contributed by atoms with van der Waals surface area (Å²) in [5.74, 6) is 1.16. The van der Waals surface area contributed by atoms with E-state index in [1.807, 2.05) is 49.4 Å². The first-order valence-electron chi connectivity index (χ1n) is 12.0. The third-order valence-corrected chi connectivity index (χ3v) is 8.33. The van der Waals surface area contributed by atoms with E-state index in [1.165, 1.54) is 4.31 Å². The quantitative estimate of drug-likeness (QED) is 0.455. The van der Waals surface area contributed by atoms with Gasteiger partial charge in [0, 0.05) is 13.0 Å². The van der Waals surface area contributed by atoms with Crippen LogP contribution in [0.25, 0.3) is 0 Å². The molecule has 0 radical (unpaired) electrons. The Morgan fingerprint density at radius 3 is 2.44 bits per heavy atom. The molecule has 1 aliphatic rings. The lowest BCUT2D eigenvalue weighted by Gasteiger charge is -2.30. The van der Waals surface area contributed by atoms with Crippen LogP contribution in [0.5, 0.6) is 11.5 Å². The molecule has 3 aromatic rings. The molecule has 7 nitrogen and oxygen atoms in total. The van der Waals surface area contributed by atoms with Crippen molar-refractivity contribution in [2.75, 3.05) is 25.1 Å². The Balaban J connectivity index is 1.36. The van der Waals surface area contributed by atoms with Gasteiger partial charge >= 0.3 is 0 Å². The predicted octanol–water partition coefficient (Wildman–Crippen LogP) is 4.66. The maximum Gasteiger partial charge on any atom is 0.264 e. The number of carbonyl (C=O) groups excluding carboxylic acids is 1. The summed E-state index contributed by atoms with van der Waals surface area (Å²) in [6.45, 7) is 2.39. The molecule has 1 N–H and O–H groups in total. The molecule has 0 unspecified atom stereocenters. The summed E-state index contributed by atoms with van der Waals surface area (Å²) in [6, 6.07) is 19.8. The number of benzene rings is 3. The van der Waals surface area contributed by atoms with Gasteiger partial charge in [-0.2, -0.15) is 0 Å². The molecule has 4 rings (SSSR count). The van der Waals surface area contributed by atoms with Crippen LogP contribution in [0.1, 0.15) is 42.5 Å². The van der Waals surface area contributed by atoms with Gasteiger partial charge in [-0.25, -0.2) is 8.42 Å². The molecule has 1 heterocycles. The fourth-order valence-electron chi connectivity index (χ4n) is 4.48. The molecule has 1 aliphatic heterocycles. The summed E-state index contributed by atoms with van der Waals surface area (Å²) in [5.41, 5.74) is 3.63. The van der Waals surface area contributed by atoms with Crippen molar-refractivity contribution >= 4 is 21.6 Å². The van der Waals surface area contributed by atoms with Crippen molar-refractivity contribution in [1.29, 1.82) is 0 Å². The van der Waals surface area contributed by atoms with Gasteiger partial charge in [0.2, 0.25) is 5.91 Å². The summed E-state index contributed by atoms with van der Waals surface area (Å²) < 4.78 is 38.7. The van der Waals surface area contributed by atoms with Gasteiger partial charge in [-0.1, -0.05) is 36.4 Å². The van der Waals surface area contributed by atoms with Gasteiger partial charge in [0.05, 0.1) is 30.8 Å². The second kappa shape index (κ2) is 11.0. The van der Waals surface area contributed by atoms with E-state index in [0.717, 1.165) is 35.2 Å². The van der Waals surface area contributed by atoms with Gasteiger partial charge < -0.3 is 14.8 Å². The minimum Gasteiger partial charge on any atom is -0.493 e. The molecule has 36 heavy (non-hydrogen) atoms. The predicted molar refractivity (Wildman–Crippen MR) is 140 cm³/mol. The summed E-state index contributed by atoms with van der Waals surface area (Å²) in [5, 5.41) is 3.01. The highest BCUT2D eigenvalue weighted by Crippen LogP contribution is 2.32. The molecular weight excluding hydrogens is 476 g/mol. The summed E-state index contributed by atoms with van der Waals surface area (Å²) in [6.07, 6.45) is 2.49. The SMILES string of the molecule is COc1ccc([C@H](C)NC(=O)CCc2ccc(S(=O)(=O)N3CCCc4ccccc43)cc2)cc1OC. The number of fused-ring (bicyclic) bond motifs is 1. The molecule has 8 heteroatoms. The number of aryl methyl sites for hydroxylation is 2. The Bertz CT molecular complexity index is 1320. The summed E-state index contributed by atoms with van der Waals surface area (Å²) >= 11 is 0. The number of nitrogens with one attached hydrogen (secondary N) is 1. The maximum atomic E-state index is 13.3. The molecule has 0 aromatic heterocycles. The number of sulfonamides is 1. The third-order valence-electron chi connectivity index (χ3n) is 6.50. The van der Waals surface area contributed by atoms with Crippen molar-refractivity contribution in [3.63, 3.8) is 0 Å². The highest BCUT2D eigenvalue weighted by atomic mass is 32.2. The molecule has 0 saturated heterocycles. The van der Waals surface area contributed by atoms with Gasteiger partial charge in [-0.05, 0) is 73.2 Å². The van der Waals surface area contributed by atoms with Crippen molar-refractivity contribution in [3.05, 3.63) is 83.4 Å². The van der Waals surface area contributed by atoms with E-state index in [4.69, 9.17) is 9.47 Å². The van der Waals surface area contributed by atoms with Crippen LogP contribution in [0.15, 0.2) is 71.6 Å². The van der Waals surface area contributed by atoms with Gasteiger partial charge in [0.15, 0.2) is 11.5 Å². The topological polar surface area (TPSA) is 84.9 Å². The first-order valence-corrected chi connectivity index (χ1v) is 13.5. The zero-order valence-electron chi connectivity index (χ0n) is 20.9. The van der Waals surface area contributed by atoms with Crippen LogP contribution in [-0.2, 0) is 27.7 Å². The molecule has 0 saturated carbocycles. The lowest BCUT2D eigenvalue weighted by atomic mass is 10.0. The van der Waals surface area contributed by atoms with Crippen molar-refractivity contribution in [2.45, 2.75) is 43.5 Å². The second-order valence-electron chi connectivity index (χ2n) is 8.86. The van der Waals surface area contributed by atoms with E-state index in [2.05, 4.69) is 5.32 Å². The molecule has 0 fully saturated rings. The normalized spacial score (nSPS) is 14.0. The lowest BCUT2D eigenvalue weighted by molar-refractivity contribution is -0.121. The largest absolute Gasteiger partial charge is 0.493 e. The number of anilines is 1. The third kappa shape index (κ3) is 5.49. The number of carbonyl (C=O) groups is 1. The van der Waals surface area contributed by atoms with Crippen molar-refractivity contribution in [2.24, 2.45) is 0 Å². The maximum absolute atomic E-state index is 13.3. The van der Waals surface area contributed by atoms with E-state index < -0.39 is 10.0 Å². The van der Waals surface area contributed by atoms with E-state index in [0.29, 0.717) is 30.9 Å². The fraction of sp³-hybridized carbons (Fsp3) is 0.321. The van der Waals surface area contributed by atoms with Gasteiger partial charge in [0.25, 0.3) is 10.0 Å². The summed E-state index contributed by atoms with van der Waals surface area (Å²) in [7, 11) is -0.489. The van der Waals surface area contributed by atoms with Crippen molar-refractivity contribution in [3.8, 4) is 11.5 Å². The van der Waals surface area contributed by atoms with Crippen LogP contribution < -0.4 is 19.1 Å². The minimum atomic E-state index is -3.65. The Labute approximate surface area is 213 Å².